The Balaban J connectivity index is 0.00000208. The fourth-order valence-corrected chi connectivity index (χ4v) is 6.57. The van der Waals surface area contributed by atoms with Crippen molar-refractivity contribution < 1.29 is 18.9 Å². The van der Waals surface area contributed by atoms with Gasteiger partial charge < -0.3 is 5.40 Å². The summed E-state index contributed by atoms with van der Waals surface area (Å²) in [4.78, 5) is 0. The molecule has 0 fully saturated rings. The Hall–Kier alpha value is -1.57. The summed E-state index contributed by atoms with van der Waals surface area (Å²) in [7, 11) is -2.22. The summed E-state index contributed by atoms with van der Waals surface area (Å²) in [5, 5.41) is 9.27. The minimum absolute atomic E-state index is 0. The van der Waals surface area contributed by atoms with Crippen molar-refractivity contribution in [1.29, 1.82) is 0 Å². The minimum Gasteiger partial charge on any atom is -0.679 e. The van der Waals surface area contributed by atoms with Crippen LogP contribution in [-0.4, -0.2) is 8.24 Å². The van der Waals surface area contributed by atoms with Gasteiger partial charge in [0, 0.05) is 0 Å². The third-order valence-electron chi connectivity index (χ3n) is 4.16. The number of benzene rings is 3. The van der Waals surface area contributed by atoms with E-state index in [1.807, 2.05) is 18.2 Å². The van der Waals surface area contributed by atoms with Gasteiger partial charge in [-0.3, -0.25) is 0 Å². The molecule has 0 atom stereocenters. The first-order chi connectivity index (χ1) is 11.2. The van der Waals surface area contributed by atoms with Crippen molar-refractivity contribution in [2.24, 2.45) is 0 Å². The third-order valence-corrected chi connectivity index (χ3v) is 7.41. The summed E-state index contributed by atoms with van der Waals surface area (Å²) in [6.07, 6.45) is 0. The largest absolute Gasteiger partial charge is 1.00 e. The summed E-state index contributed by atoms with van der Waals surface area (Å²) < 4.78 is 0. The first kappa shape index (κ1) is 18.8. The van der Waals surface area contributed by atoms with Gasteiger partial charge in [-0.05, 0) is 8.24 Å². The third kappa shape index (κ3) is 5.51. The van der Waals surface area contributed by atoms with E-state index < -0.39 is 8.24 Å². The predicted molar refractivity (Wildman–Crippen MR) is 101 cm³/mol. The van der Waals surface area contributed by atoms with E-state index in [1.165, 1.54) is 16.7 Å². The second kappa shape index (κ2) is 9.06. The Labute approximate surface area is 158 Å². The van der Waals surface area contributed by atoms with Crippen molar-refractivity contribution in [2.75, 3.05) is 0 Å². The molecular weight excluding hydrogens is 301 g/mol. The summed E-state index contributed by atoms with van der Waals surface area (Å²) >= 11 is 0. The van der Waals surface area contributed by atoms with Crippen molar-refractivity contribution in [1.82, 2.24) is 0 Å². The first-order valence-electron chi connectivity index (χ1n) is 8.10. The fraction of sp³-hybridized carbons (Fsp3) is 0.143. The first-order valence-corrected chi connectivity index (χ1v) is 10.7. The molecule has 0 amide bonds. The van der Waals surface area contributed by atoms with Crippen molar-refractivity contribution in [3.8, 4) is 0 Å². The van der Waals surface area contributed by atoms with Gasteiger partial charge in [0.1, 0.15) is 0 Å². The normalized spacial score (nSPS) is 10.9. The molecule has 0 aliphatic rings. The van der Waals surface area contributed by atoms with Crippen LogP contribution in [0.15, 0.2) is 91.0 Å². The van der Waals surface area contributed by atoms with Crippen LogP contribution in [0, 0.1) is 0 Å². The molecule has 0 radical (unpaired) electrons. The number of hydrogen-bond acceptors (Lipinski definition) is 0. The summed E-state index contributed by atoms with van der Waals surface area (Å²) in [6.45, 7) is 0. The maximum atomic E-state index is 9.27. The molecule has 3 aromatic rings. The summed E-state index contributed by atoms with van der Waals surface area (Å²) in [5.74, 6) is 0. The van der Waals surface area contributed by atoms with Gasteiger partial charge in [-0.25, -0.2) is 0 Å². The monoisotopic (exact) mass is 323 g/mol. The van der Waals surface area contributed by atoms with Crippen LogP contribution in [0.1, 0.15) is 16.7 Å². The SMILES string of the molecule is [Li+].[NH-][Si](Cc1ccccc1)(Cc1ccccc1)Cc1ccccc1. The van der Waals surface area contributed by atoms with E-state index >= 15 is 0 Å². The van der Waals surface area contributed by atoms with E-state index in [0.29, 0.717) is 0 Å². The number of nitrogens with one attached hydrogen (secondary N) is 1. The van der Waals surface area contributed by atoms with E-state index in [2.05, 4.69) is 72.8 Å². The second-order valence-corrected chi connectivity index (χ2v) is 9.89. The molecule has 0 unspecified atom stereocenters. The molecule has 0 spiro atoms. The minimum atomic E-state index is -2.22. The average molecular weight is 323 g/mol. The van der Waals surface area contributed by atoms with E-state index in [-0.39, 0.29) is 18.9 Å². The fourth-order valence-electron chi connectivity index (χ4n) is 3.15. The Morgan fingerprint density at radius 3 is 1.00 bits per heavy atom. The molecular formula is C21H22LiNSi. The number of hydrogen-bond donors (Lipinski definition) is 0. The molecule has 3 rings (SSSR count). The van der Waals surface area contributed by atoms with Crippen molar-refractivity contribution in [2.45, 2.75) is 18.1 Å². The van der Waals surface area contributed by atoms with Gasteiger partial charge in [0.25, 0.3) is 0 Å². The van der Waals surface area contributed by atoms with Gasteiger partial charge in [-0.15, -0.1) is 0 Å². The van der Waals surface area contributed by atoms with Crippen LogP contribution in [0.25, 0.3) is 5.40 Å². The van der Waals surface area contributed by atoms with E-state index in [1.54, 1.807) is 0 Å². The van der Waals surface area contributed by atoms with Crippen LogP contribution < -0.4 is 18.9 Å². The molecule has 1 nitrogen and oxygen atoms in total. The Morgan fingerprint density at radius 2 is 0.750 bits per heavy atom. The quantitative estimate of drug-likeness (QED) is 0.622. The summed E-state index contributed by atoms with van der Waals surface area (Å²) in [5.41, 5.74) is 3.88. The van der Waals surface area contributed by atoms with Gasteiger partial charge in [-0.1, -0.05) is 126 Å². The van der Waals surface area contributed by atoms with Crippen LogP contribution in [0.4, 0.5) is 0 Å². The molecule has 0 saturated carbocycles. The maximum Gasteiger partial charge on any atom is 1.00 e. The molecule has 0 aliphatic carbocycles. The van der Waals surface area contributed by atoms with Crippen LogP contribution >= 0.6 is 0 Å². The van der Waals surface area contributed by atoms with E-state index in [0.717, 1.165) is 18.1 Å². The summed E-state index contributed by atoms with van der Waals surface area (Å²) in [6, 6.07) is 34.3. The molecule has 0 aromatic heterocycles. The average Bonchev–Trinajstić information content (AvgIpc) is 2.57. The van der Waals surface area contributed by atoms with E-state index in [9.17, 15) is 5.40 Å². The smallest absolute Gasteiger partial charge is 0.679 e. The zero-order valence-corrected chi connectivity index (χ0v) is 15.3. The van der Waals surface area contributed by atoms with Gasteiger partial charge >= 0.3 is 18.9 Å². The van der Waals surface area contributed by atoms with Crippen molar-refractivity contribution in [3.05, 3.63) is 113 Å². The molecule has 116 valence electrons. The molecule has 0 bridgehead atoms. The Morgan fingerprint density at radius 1 is 0.500 bits per heavy atom. The maximum absolute atomic E-state index is 9.27. The van der Waals surface area contributed by atoms with Gasteiger partial charge in [0.05, 0.1) is 0 Å². The second-order valence-electron chi connectivity index (χ2n) is 6.27. The standard InChI is InChI=1S/C21H22NSi.Li/c22-23(16-19-10-4-1-5-11-19,17-20-12-6-2-7-13-20)18-21-14-8-3-9-15-21;/h1-15,22H,16-18H2;/q-1;+1. The Bertz CT molecular complexity index is 615. The zero-order chi connectivity index (χ0) is 16.0. The van der Waals surface area contributed by atoms with Crippen LogP contribution in [0.3, 0.4) is 0 Å². The molecule has 24 heavy (non-hydrogen) atoms. The van der Waals surface area contributed by atoms with Crippen LogP contribution in [-0.2, 0) is 18.1 Å². The molecule has 3 aromatic carbocycles. The zero-order valence-electron chi connectivity index (χ0n) is 14.3. The van der Waals surface area contributed by atoms with Crippen molar-refractivity contribution in [3.63, 3.8) is 0 Å². The number of rotatable bonds is 6. The van der Waals surface area contributed by atoms with Crippen LogP contribution in [0.2, 0.25) is 0 Å². The van der Waals surface area contributed by atoms with Gasteiger partial charge in [0.2, 0.25) is 0 Å². The molecule has 1 N–H and O–H groups in total. The topological polar surface area (TPSA) is 23.8 Å². The van der Waals surface area contributed by atoms with Gasteiger partial charge in [0.15, 0.2) is 0 Å². The van der Waals surface area contributed by atoms with Gasteiger partial charge in [-0.2, -0.15) is 0 Å². The Kier molecular flexibility index (Phi) is 7.08. The van der Waals surface area contributed by atoms with E-state index in [4.69, 9.17) is 0 Å². The molecule has 0 saturated heterocycles. The molecule has 0 heterocycles. The molecule has 0 aliphatic heterocycles. The molecule has 3 heteroatoms. The predicted octanol–water partition coefficient (Wildman–Crippen LogP) is 2.33. The van der Waals surface area contributed by atoms with Crippen molar-refractivity contribution >= 4 is 8.24 Å². The van der Waals surface area contributed by atoms with Crippen LogP contribution in [0.5, 0.6) is 0 Å².